The first-order valence-electron chi connectivity index (χ1n) is 5.09. The molecule has 0 aromatic rings. The van der Waals surface area contributed by atoms with Crippen molar-refractivity contribution in [1.29, 1.82) is 0 Å². The lowest BCUT2D eigenvalue weighted by atomic mass is 9.93. The van der Waals surface area contributed by atoms with Gasteiger partial charge < -0.3 is 10.8 Å². The third-order valence-electron chi connectivity index (χ3n) is 2.71. The van der Waals surface area contributed by atoms with Crippen molar-refractivity contribution in [3.05, 3.63) is 0 Å². The van der Waals surface area contributed by atoms with Gasteiger partial charge in [-0.25, -0.2) is 0 Å². The molecule has 78 valence electrons. The van der Waals surface area contributed by atoms with Crippen LogP contribution >= 0.6 is 0 Å². The second kappa shape index (κ2) is 3.95. The van der Waals surface area contributed by atoms with E-state index in [1.165, 1.54) is 0 Å². The number of hydrogen-bond acceptors (Lipinski definition) is 3. The number of hydrogen-bond donors (Lipinski definition) is 2. The quantitative estimate of drug-likeness (QED) is 0.657. The lowest BCUT2D eigenvalue weighted by Gasteiger charge is -2.37. The fraction of sp³-hybridized carbons (Fsp3) is 1.00. The molecule has 2 atom stereocenters. The molecule has 1 fully saturated rings. The average Bonchev–Trinajstić information content (AvgIpc) is 1.94. The van der Waals surface area contributed by atoms with Crippen molar-refractivity contribution < 1.29 is 5.11 Å². The zero-order chi connectivity index (χ0) is 10.1. The van der Waals surface area contributed by atoms with E-state index in [1.54, 1.807) is 0 Å². The summed E-state index contributed by atoms with van der Waals surface area (Å²) in [5.41, 5.74) is 5.37. The zero-order valence-electron chi connectivity index (χ0n) is 8.95. The highest BCUT2D eigenvalue weighted by atomic mass is 16.3. The van der Waals surface area contributed by atoms with Gasteiger partial charge in [0.15, 0.2) is 0 Å². The molecule has 0 saturated carbocycles. The third kappa shape index (κ3) is 3.63. The van der Waals surface area contributed by atoms with Gasteiger partial charge in [-0.3, -0.25) is 4.90 Å². The molecule has 13 heavy (non-hydrogen) atoms. The van der Waals surface area contributed by atoms with Gasteiger partial charge in [-0.2, -0.15) is 0 Å². The molecule has 3 heteroatoms. The Labute approximate surface area is 80.9 Å². The minimum atomic E-state index is -0.597. The second-order valence-corrected chi connectivity index (χ2v) is 4.98. The molecule has 0 amide bonds. The summed E-state index contributed by atoms with van der Waals surface area (Å²) >= 11 is 0. The predicted molar refractivity (Wildman–Crippen MR) is 54.5 cm³/mol. The molecule has 1 aliphatic rings. The van der Waals surface area contributed by atoms with Crippen molar-refractivity contribution in [3.63, 3.8) is 0 Å². The van der Waals surface area contributed by atoms with E-state index in [4.69, 9.17) is 5.73 Å². The van der Waals surface area contributed by atoms with E-state index in [9.17, 15) is 5.11 Å². The Balaban J connectivity index is 2.38. The van der Waals surface area contributed by atoms with Crippen molar-refractivity contribution in [2.75, 3.05) is 19.6 Å². The van der Waals surface area contributed by atoms with Gasteiger partial charge in [-0.1, -0.05) is 6.92 Å². The van der Waals surface area contributed by atoms with Gasteiger partial charge in [0.25, 0.3) is 0 Å². The number of likely N-dealkylation sites (tertiary alicyclic amines) is 1. The smallest absolute Gasteiger partial charge is 0.0718 e. The largest absolute Gasteiger partial charge is 0.389 e. The minimum absolute atomic E-state index is 0.274. The van der Waals surface area contributed by atoms with E-state index in [0.29, 0.717) is 5.92 Å². The van der Waals surface area contributed by atoms with Crippen LogP contribution in [-0.4, -0.2) is 41.3 Å². The van der Waals surface area contributed by atoms with Gasteiger partial charge in [0.05, 0.1) is 5.60 Å². The molecule has 0 aromatic heterocycles. The van der Waals surface area contributed by atoms with E-state index < -0.39 is 5.60 Å². The first-order chi connectivity index (χ1) is 5.88. The lowest BCUT2D eigenvalue weighted by molar-refractivity contribution is 0.0217. The fourth-order valence-corrected chi connectivity index (χ4v) is 1.86. The van der Waals surface area contributed by atoms with Crippen LogP contribution in [0.25, 0.3) is 0 Å². The van der Waals surface area contributed by atoms with Gasteiger partial charge in [0, 0.05) is 19.1 Å². The number of nitrogens with two attached hydrogens (primary N) is 1. The van der Waals surface area contributed by atoms with Crippen LogP contribution in [0.2, 0.25) is 0 Å². The molecule has 0 radical (unpaired) electrons. The maximum atomic E-state index is 9.64. The molecule has 3 nitrogen and oxygen atoms in total. The molecule has 0 aliphatic carbocycles. The van der Waals surface area contributed by atoms with E-state index in [-0.39, 0.29) is 6.04 Å². The minimum Gasteiger partial charge on any atom is -0.389 e. The van der Waals surface area contributed by atoms with Crippen molar-refractivity contribution >= 4 is 0 Å². The maximum absolute atomic E-state index is 9.64. The monoisotopic (exact) mass is 186 g/mol. The van der Waals surface area contributed by atoms with Crippen molar-refractivity contribution in [2.45, 2.75) is 38.8 Å². The normalized spacial score (nSPS) is 32.1. The van der Waals surface area contributed by atoms with Gasteiger partial charge in [0.1, 0.15) is 0 Å². The van der Waals surface area contributed by atoms with E-state index in [2.05, 4.69) is 11.8 Å². The first kappa shape index (κ1) is 11.0. The number of β-amino-alcohol motifs (C(OH)–C–C–N with tert-alkyl or cyclic N) is 1. The molecule has 0 spiro atoms. The van der Waals surface area contributed by atoms with Crippen molar-refractivity contribution in [2.24, 2.45) is 11.7 Å². The third-order valence-corrected chi connectivity index (χ3v) is 2.71. The highest BCUT2D eigenvalue weighted by Crippen LogP contribution is 2.17. The molecule has 1 aliphatic heterocycles. The fourth-order valence-electron chi connectivity index (χ4n) is 1.86. The Morgan fingerprint density at radius 3 is 2.62 bits per heavy atom. The Kier molecular flexibility index (Phi) is 3.33. The lowest BCUT2D eigenvalue weighted by Crippen LogP contribution is -2.51. The van der Waals surface area contributed by atoms with Crippen LogP contribution in [-0.2, 0) is 0 Å². The Bertz CT molecular complexity index is 165. The summed E-state index contributed by atoms with van der Waals surface area (Å²) in [6.07, 6.45) is 1.15. The van der Waals surface area contributed by atoms with Crippen molar-refractivity contribution in [3.8, 4) is 0 Å². The van der Waals surface area contributed by atoms with Crippen LogP contribution in [0.4, 0.5) is 0 Å². The summed E-state index contributed by atoms with van der Waals surface area (Å²) in [6.45, 7) is 8.61. The molecular formula is C10H22N2O. The first-order valence-corrected chi connectivity index (χ1v) is 5.09. The summed E-state index contributed by atoms with van der Waals surface area (Å²) in [5, 5.41) is 9.64. The van der Waals surface area contributed by atoms with Crippen LogP contribution in [0.3, 0.4) is 0 Å². The van der Waals surface area contributed by atoms with Crippen LogP contribution in [0.5, 0.6) is 0 Å². The second-order valence-electron chi connectivity index (χ2n) is 4.98. The standard InChI is InChI=1S/C10H22N2O/c1-8-4-5-12(6-9(8)11)7-10(2,3)13/h8-9,13H,4-7,11H2,1-3H3. The number of aliphatic hydroxyl groups is 1. The number of rotatable bonds is 2. The van der Waals surface area contributed by atoms with Gasteiger partial charge >= 0.3 is 0 Å². The van der Waals surface area contributed by atoms with Crippen LogP contribution in [0.1, 0.15) is 27.2 Å². The van der Waals surface area contributed by atoms with Gasteiger partial charge in [-0.05, 0) is 32.7 Å². The summed E-state index contributed by atoms with van der Waals surface area (Å²) in [7, 11) is 0. The highest BCUT2D eigenvalue weighted by Gasteiger charge is 2.26. The zero-order valence-corrected chi connectivity index (χ0v) is 8.95. The molecule has 1 rings (SSSR count). The number of piperidine rings is 1. The summed E-state index contributed by atoms with van der Waals surface area (Å²) in [6, 6.07) is 0.274. The molecule has 0 bridgehead atoms. The maximum Gasteiger partial charge on any atom is 0.0718 e. The molecule has 1 heterocycles. The molecule has 0 aromatic carbocycles. The van der Waals surface area contributed by atoms with Crippen LogP contribution < -0.4 is 5.73 Å². The van der Waals surface area contributed by atoms with Crippen LogP contribution in [0, 0.1) is 5.92 Å². The van der Waals surface area contributed by atoms with Crippen LogP contribution in [0.15, 0.2) is 0 Å². The summed E-state index contributed by atoms with van der Waals surface area (Å²) in [4.78, 5) is 2.25. The Morgan fingerprint density at radius 2 is 2.15 bits per heavy atom. The SMILES string of the molecule is CC1CCN(CC(C)(C)O)CC1N. The van der Waals surface area contributed by atoms with E-state index >= 15 is 0 Å². The van der Waals surface area contributed by atoms with Gasteiger partial charge in [-0.15, -0.1) is 0 Å². The Hall–Kier alpha value is -0.120. The predicted octanol–water partition coefficient (Wildman–Crippen LogP) is 0.426. The van der Waals surface area contributed by atoms with E-state index in [0.717, 1.165) is 26.1 Å². The molecule has 3 N–H and O–H groups in total. The van der Waals surface area contributed by atoms with E-state index in [1.807, 2.05) is 13.8 Å². The summed E-state index contributed by atoms with van der Waals surface area (Å²) in [5.74, 6) is 0.623. The number of nitrogens with zero attached hydrogens (tertiary/aromatic N) is 1. The van der Waals surface area contributed by atoms with Crippen molar-refractivity contribution in [1.82, 2.24) is 4.90 Å². The topological polar surface area (TPSA) is 49.5 Å². The average molecular weight is 186 g/mol. The molecule has 2 unspecified atom stereocenters. The molecular weight excluding hydrogens is 164 g/mol. The Morgan fingerprint density at radius 1 is 1.54 bits per heavy atom. The van der Waals surface area contributed by atoms with Gasteiger partial charge in [0.2, 0.25) is 0 Å². The summed E-state index contributed by atoms with van der Waals surface area (Å²) < 4.78 is 0. The highest BCUT2D eigenvalue weighted by molar-refractivity contribution is 4.83. The molecule has 1 saturated heterocycles.